The minimum Gasteiger partial charge on any atom is -0.489 e. The fourth-order valence-electron chi connectivity index (χ4n) is 2.91. The average Bonchev–Trinajstić information content (AvgIpc) is 3.18. The highest BCUT2D eigenvalue weighted by Crippen LogP contribution is 2.17. The molecule has 0 aliphatic rings. The topological polar surface area (TPSA) is 66.5 Å². The number of hydrazone groups is 1. The molecule has 5 heteroatoms. The van der Waals surface area contributed by atoms with Crippen LogP contribution in [0.5, 0.6) is 5.75 Å². The number of hydrogen-bond acceptors (Lipinski definition) is 3. The van der Waals surface area contributed by atoms with E-state index in [4.69, 9.17) is 4.74 Å². The number of para-hydroxylation sites is 1. The number of aromatic nitrogens is 1. The Bertz CT molecular complexity index is 1120. The Labute approximate surface area is 162 Å². The summed E-state index contributed by atoms with van der Waals surface area (Å²) < 4.78 is 5.81. The molecule has 4 aromatic rings. The van der Waals surface area contributed by atoms with Crippen molar-refractivity contribution in [1.29, 1.82) is 0 Å². The van der Waals surface area contributed by atoms with Crippen LogP contribution in [0.2, 0.25) is 0 Å². The van der Waals surface area contributed by atoms with E-state index in [-0.39, 0.29) is 5.91 Å². The van der Waals surface area contributed by atoms with Crippen molar-refractivity contribution in [1.82, 2.24) is 10.4 Å². The minimum absolute atomic E-state index is 0.259. The van der Waals surface area contributed by atoms with Crippen LogP contribution in [0.15, 0.2) is 90.2 Å². The van der Waals surface area contributed by atoms with Gasteiger partial charge in [0.15, 0.2) is 0 Å². The lowest BCUT2D eigenvalue weighted by molar-refractivity contribution is 0.0957. The Hall–Kier alpha value is -3.86. The number of rotatable bonds is 6. The lowest BCUT2D eigenvalue weighted by atomic mass is 10.2. The van der Waals surface area contributed by atoms with Gasteiger partial charge < -0.3 is 9.72 Å². The van der Waals surface area contributed by atoms with Gasteiger partial charge in [0, 0.05) is 17.1 Å². The Morgan fingerprint density at radius 2 is 1.82 bits per heavy atom. The molecule has 0 bridgehead atoms. The third kappa shape index (κ3) is 4.10. The second-order valence-electron chi connectivity index (χ2n) is 6.29. The zero-order chi connectivity index (χ0) is 19.2. The lowest BCUT2D eigenvalue weighted by Crippen LogP contribution is -2.17. The lowest BCUT2D eigenvalue weighted by Gasteiger charge is -2.06. The van der Waals surface area contributed by atoms with Crippen molar-refractivity contribution in [2.45, 2.75) is 6.61 Å². The Balaban J connectivity index is 1.38. The maximum Gasteiger partial charge on any atom is 0.273 e. The smallest absolute Gasteiger partial charge is 0.273 e. The van der Waals surface area contributed by atoms with Crippen LogP contribution < -0.4 is 10.2 Å². The zero-order valence-corrected chi connectivity index (χ0v) is 15.1. The molecular weight excluding hydrogens is 350 g/mol. The summed E-state index contributed by atoms with van der Waals surface area (Å²) in [5, 5.41) is 4.94. The van der Waals surface area contributed by atoms with Crippen molar-refractivity contribution < 1.29 is 9.53 Å². The normalized spacial score (nSPS) is 11.0. The number of nitrogens with zero attached hydrogens (tertiary/aromatic N) is 1. The first kappa shape index (κ1) is 17.5. The van der Waals surface area contributed by atoms with Crippen LogP contribution >= 0.6 is 0 Å². The van der Waals surface area contributed by atoms with E-state index in [2.05, 4.69) is 15.5 Å². The van der Waals surface area contributed by atoms with Crippen LogP contribution in [0, 0.1) is 0 Å². The van der Waals surface area contributed by atoms with Gasteiger partial charge in [-0.1, -0.05) is 60.7 Å². The fraction of sp³-hybridized carbons (Fsp3) is 0.0435. The third-order valence-electron chi connectivity index (χ3n) is 4.32. The molecule has 4 rings (SSSR count). The van der Waals surface area contributed by atoms with Crippen LogP contribution in [0.1, 0.15) is 21.5 Å². The quantitative estimate of drug-likeness (QED) is 0.388. The van der Waals surface area contributed by atoms with Gasteiger partial charge in [0.2, 0.25) is 0 Å². The molecule has 3 aromatic carbocycles. The average molecular weight is 369 g/mol. The molecular formula is C23H19N3O2. The maximum absolute atomic E-state index is 12.4. The number of carbonyl (C=O) groups is 1. The number of aromatic amines is 1. The van der Waals surface area contributed by atoms with Gasteiger partial charge in [0.05, 0.1) is 11.8 Å². The highest BCUT2D eigenvalue weighted by molar-refractivity contribution is 6.06. The van der Waals surface area contributed by atoms with Crippen molar-refractivity contribution in [3.63, 3.8) is 0 Å². The highest BCUT2D eigenvalue weighted by atomic mass is 16.5. The summed E-state index contributed by atoms with van der Waals surface area (Å²) in [4.78, 5) is 15.4. The summed E-state index contributed by atoms with van der Waals surface area (Å²) >= 11 is 0. The van der Waals surface area contributed by atoms with Crippen LogP contribution in [0.25, 0.3) is 10.9 Å². The van der Waals surface area contributed by atoms with Crippen LogP contribution in [-0.2, 0) is 6.61 Å². The molecule has 0 radical (unpaired) electrons. The molecule has 0 aliphatic carbocycles. The second-order valence-corrected chi connectivity index (χ2v) is 6.29. The van der Waals surface area contributed by atoms with E-state index in [9.17, 15) is 4.79 Å². The number of benzene rings is 3. The van der Waals surface area contributed by atoms with Crippen molar-refractivity contribution in [3.8, 4) is 5.75 Å². The van der Waals surface area contributed by atoms with Crippen LogP contribution in [0.3, 0.4) is 0 Å². The molecule has 0 aliphatic heterocycles. The van der Waals surface area contributed by atoms with Gasteiger partial charge in [-0.15, -0.1) is 0 Å². The van der Waals surface area contributed by atoms with E-state index >= 15 is 0 Å². The number of hydrogen-bond donors (Lipinski definition) is 2. The number of carbonyl (C=O) groups excluding carboxylic acids is 1. The van der Waals surface area contributed by atoms with Crippen molar-refractivity contribution in [2.24, 2.45) is 5.10 Å². The summed E-state index contributed by atoms with van der Waals surface area (Å²) in [6.07, 6.45) is 3.29. The summed E-state index contributed by atoms with van der Waals surface area (Å²) in [6, 6.07) is 25.2. The first-order chi connectivity index (χ1) is 13.8. The molecule has 0 unspecified atom stereocenters. The highest BCUT2D eigenvalue weighted by Gasteiger charge is 2.10. The standard InChI is InChI=1S/C23H19N3O2/c27-23(21-15-24-22-12-5-4-11-20(21)22)26-25-14-18-9-6-10-19(13-18)28-16-17-7-2-1-3-8-17/h1-15,24H,16H2,(H,26,27)/b25-14+. The van der Waals surface area contributed by atoms with Gasteiger partial charge >= 0.3 is 0 Å². The predicted octanol–water partition coefficient (Wildman–Crippen LogP) is 4.51. The van der Waals surface area contributed by atoms with E-state index in [1.54, 1.807) is 12.4 Å². The Morgan fingerprint density at radius 1 is 1.00 bits per heavy atom. The first-order valence-electron chi connectivity index (χ1n) is 8.96. The molecule has 0 spiro atoms. The number of amides is 1. The number of H-pyrrole nitrogens is 1. The van der Waals surface area contributed by atoms with Gasteiger partial charge in [-0.2, -0.15) is 5.10 Å². The molecule has 1 aromatic heterocycles. The zero-order valence-electron chi connectivity index (χ0n) is 15.1. The molecule has 2 N–H and O–H groups in total. The van der Waals surface area contributed by atoms with Gasteiger partial charge in [-0.25, -0.2) is 5.43 Å². The Kier molecular flexibility index (Phi) is 5.15. The van der Waals surface area contributed by atoms with Gasteiger partial charge in [-0.3, -0.25) is 4.79 Å². The van der Waals surface area contributed by atoms with E-state index < -0.39 is 0 Å². The molecule has 0 saturated heterocycles. The van der Waals surface area contributed by atoms with E-state index in [0.29, 0.717) is 12.2 Å². The second kappa shape index (κ2) is 8.22. The van der Waals surface area contributed by atoms with Gasteiger partial charge in [-0.05, 0) is 29.3 Å². The van der Waals surface area contributed by atoms with Gasteiger partial charge in [0.25, 0.3) is 5.91 Å². The maximum atomic E-state index is 12.4. The van der Waals surface area contributed by atoms with Crippen molar-refractivity contribution >= 4 is 23.0 Å². The van der Waals surface area contributed by atoms with Crippen molar-refractivity contribution in [3.05, 3.63) is 102 Å². The first-order valence-corrected chi connectivity index (χ1v) is 8.96. The fourth-order valence-corrected chi connectivity index (χ4v) is 2.91. The summed E-state index contributed by atoms with van der Waals surface area (Å²) in [7, 11) is 0. The summed E-state index contributed by atoms with van der Waals surface area (Å²) in [6.45, 7) is 0.499. The largest absolute Gasteiger partial charge is 0.489 e. The molecule has 0 saturated carbocycles. The van der Waals surface area contributed by atoms with Crippen LogP contribution in [-0.4, -0.2) is 17.1 Å². The SMILES string of the molecule is O=C(N/N=C/c1cccc(OCc2ccccc2)c1)c1c[nH]c2ccccc12. The van der Waals surface area contributed by atoms with E-state index in [1.807, 2.05) is 78.9 Å². The number of ether oxygens (including phenoxy) is 1. The summed E-state index contributed by atoms with van der Waals surface area (Å²) in [5.74, 6) is 0.487. The molecule has 0 atom stereocenters. The number of nitrogens with one attached hydrogen (secondary N) is 2. The summed E-state index contributed by atoms with van der Waals surface area (Å²) in [5.41, 5.74) is 5.99. The molecule has 1 heterocycles. The molecule has 0 fully saturated rings. The molecule has 28 heavy (non-hydrogen) atoms. The number of fused-ring (bicyclic) bond motifs is 1. The monoisotopic (exact) mass is 369 g/mol. The van der Waals surface area contributed by atoms with Crippen LogP contribution in [0.4, 0.5) is 0 Å². The minimum atomic E-state index is -0.259. The molecule has 138 valence electrons. The molecule has 5 nitrogen and oxygen atoms in total. The molecule has 1 amide bonds. The van der Waals surface area contributed by atoms with Crippen molar-refractivity contribution in [2.75, 3.05) is 0 Å². The van der Waals surface area contributed by atoms with E-state index in [0.717, 1.165) is 27.8 Å². The van der Waals surface area contributed by atoms with E-state index in [1.165, 1.54) is 0 Å². The third-order valence-corrected chi connectivity index (χ3v) is 4.32. The van der Waals surface area contributed by atoms with Gasteiger partial charge in [0.1, 0.15) is 12.4 Å². The predicted molar refractivity (Wildman–Crippen MR) is 111 cm³/mol. The Morgan fingerprint density at radius 3 is 2.71 bits per heavy atom.